The van der Waals surface area contributed by atoms with E-state index in [1.54, 1.807) is 32.9 Å². The van der Waals surface area contributed by atoms with Crippen LogP contribution in [0.4, 0.5) is 0 Å². The van der Waals surface area contributed by atoms with Crippen LogP contribution in [0.15, 0.2) is 12.1 Å². The second-order valence-corrected chi connectivity index (χ2v) is 4.48. The van der Waals surface area contributed by atoms with Crippen LogP contribution in [0.5, 0.6) is 0 Å². The van der Waals surface area contributed by atoms with E-state index < -0.39 is 0 Å². The highest BCUT2D eigenvalue weighted by molar-refractivity contribution is 7.15. The lowest BCUT2D eigenvalue weighted by atomic mass is 10.2. The number of rotatable bonds is 4. The quantitative estimate of drug-likeness (QED) is 0.585. The van der Waals surface area contributed by atoms with Gasteiger partial charge in [0.1, 0.15) is 4.88 Å². The molecule has 0 aromatic carbocycles. The Morgan fingerprint density at radius 3 is 2.47 bits per heavy atom. The van der Waals surface area contributed by atoms with Gasteiger partial charge in [0.15, 0.2) is 5.78 Å². The number of thiophene rings is 1. The molecule has 4 heteroatoms. The molecule has 1 heterocycles. The number of hydrogen-bond donors (Lipinski definition) is 0. The van der Waals surface area contributed by atoms with Gasteiger partial charge in [-0.3, -0.25) is 4.79 Å². The van der Waals surface area contributed by atoms with Gasteiger partial charge in [0, 0.05) is 6.42 Å². The van der Waals surface area contributed by atoms with Gasteiger partial charge in [-0.15, -0.1) is 11.3 Å². The zero-order valence-electron chi connectivity index (χ0n) is 9.07. The summed E-state index contributed by atoms with van der Waals surface area (Å²) in [6, 6.07) is 3.31. The molecule has 0 aliphatic carbocycles. The number of carbonyl (C=O) groups excluding carboxylic acids is 2. The molecule has 0 atom stereocenters. The molecule has 82 valence electrons. The standard InChI is InChI=1S/C11H14O3S/c1-4-8(12)9-5-6-10(15-9)11(13)14-7(2)3/h5-7H,4H2,1-3H3. The lowest BCUT2D eigenvalue weighted by molar-refractivity contribution is 0.0384. The van der Waals surface area contributed by atoms with Gasteiger partial charge >= 0.3 is 5.97 Å². The Kier molecular flexibility index (Phi) is 4.03. The molecule has 1 aromatic heterocycles. The van der Waals surface area contributed by atoms with Crippen LogP contribution < -0.4 is 0 Å². The van der Waals surface area contributed by atoms with Crippen molar-refractivity contribution in [1.29, 1.82) is 0 Å². The molecule has 0 amide bonds. The molecule has 0 fully saturated rings. The van der Waals surface area contributed by atoms with E-state index in [0.717, 1.165) is 0 Å². The van der Waals surface area contributed by atoms with Crippen LogP contribution in [0, 0.1) is 0 Å². The Labute approximate surface area is 93.1 Å². The normalized spacial score (nSPS) is 10.4. The van der Waals surface area contributed by atoms with Crippen molar-refractivity contribution in [2.75, 3.05) is 0 Å². The maximum Gasteiger partial charge on any atom is 0.348 e. The zero-order chi connectivity index (χ0) is 11.4. The Morgan fingerprint density at radius 2 is 1.93 bits per heavy atom. The predicted octanol–water partition coefficient (Wildman–Crippen LogP) is 2.91. The van der Waals surface area contributed by atoms with E-state index >= 15 is 0 Å². The summed E-state index contributed by atoms with van der Waals surface area (Å²) in [4.78, 5) is 23.9. The third-order valence-electron chi connectivity index (χ3n) is 1.75. The van der Waals surface area contributed by atoms with Crippen molar-refractivity contribution in [3.63, 3.8) is 0 Å². The minimum atomic E-state index is -0.356. The summed E-state index contributed by atoms with van der Waals surface area (Å²) in [5.74, 6) is -0.297. The topological polar surface area (TPSA) is 43.4 Å². The van der Waals surface area contributed by atoms with Gasteiger partial charge in [0.2, 0.25) is 0 Å². The summed E-state index contributed by atoms with van der Waals surface area (Å²) in [5, 5.41) is 0. The molecule has 3 nitrogen and oxygen atoms in total. The van der Waals surface area contributed by atoms with Crippen molar-refractivity contribution < 1.29 is 14.3 Å². The fraction of sp³-hybridized carbons (Fsp3) is 0.455. The number of hydrogen-bond acceptors (Lipinski definition) is 4. The lowest BCUT2D eigenvalue weighted by Crippen LogP contribution is -2.09. The fourth-order valence-corrected chi connectivity index (χ4v) is 1.94. The van der Waals surface area contributed by atoms with Gasteiger partial charge in [0.25, 0.3) is 0 Å². The van der Waals surface area contributed by atoms with Gasteiger partial charge in [-0.2, -0.15) is 0 Å². The van der Waals surface area contributed by atoms with Crippen molar-refractivity contribution >= 4 is 23.1 Å². The average molecular weight is 226 g/mol. The summed E-state index contributed by atoms with van der Waals surface area (Å²) >= 11 is 1.19. The van der Waals surface area contributed by atoms with Gasteiger partial charge in [0.05, 0.1) is 11.0 Å². The van der Waals surface area contributed by atoms with E-state index in [0.29, 0.717) is 16.2 Å². The molecule has 15 heavy (non-hydrogen) atoms. The third kappa shape index (κ3) is 3.16. The van der Waals surface area contributed by atoms with E-state index in [4.69, 9.17) is 4.74 Å². The smallest absolute Gasteiger partial charge is 0.348 e. The highest BCUT2D eigenvalue weighted by Gasteiger charge is 2.14. The van der Waals surface area contributed by atoms with Crippen LogP contribution >= 0.6 is 11.3 Å². The zero-order valence-corrected chi connectivity index (χ0v) is 9.89. The Morgan fingerprint density at radius 1 is 1.33 bits per heavy atom. The maximum atomic E-state index is 11.5. The molecule has 0 bridgehead atoms. The molecule has 0 saturated heterocycles. The van der Waals surface area contributed by atoms with Crippen molar-refractivity contribution in [1.82, 2.24) is 0 Å². The van der Waals surface area contributed by atoms with Gasteiger partial charge in [-0.25, -0.2) is 4.79 Å². The van der Waals surface area contributed by atoms with E-state index in [-0.39, 0.29) is 17.9 Å². The van der Waals surface area contributed by atoms with Crippen LogP contribution in [0.1, 0.15) is 46.5 Å². The first-order chi connectivity index (χ1) is 7.04. The SMILES string of the molecule is CCC(=O)c1ccc(C(=O)OC(C)C)s1. The van der Waals surface area contributed by atoms with Gasteiger partial charge < -0.3 is 4.74 Å². The molecule has 0 aliphatic heterocycles. The first-order valence-electron chi connectivity index (χ1n) is 4.88. The van der Waals surface area contributed by atoms with Crippen LogP contribution in [-0.4, -0.2) is 17.9 Å². The summed E-state index contributed by atoms with van der Waals surface area (Å²) in [5.41, 5.74) is 0. The molecule has 1 aromatic rings. The van der Waals surface area contributed by atoms with E-state index in [9.17, 15) is 9.59 Å². The Balaban J connectivity index is 2.75. The van der Waals surface area contributed by atoms with Gasteiger partial charge in [-0.1, -0.05) is 6.92 Å². The molecular weight excluding hydrogens is 212 g/mol. The largest absolute Gasteiger partial charge is 0.459 e. The van der Waals surface area contributed by atoms with E-state index in [1.807, 2.05) is 0 Å². The number of ether oxygens (including phenoxy) is 1. The molecule has 0 radical (unpaired) electrons. The predicted molar refractivity (Wildman–Crippen MR) is 59.5 cm³/mol. The van der Waals surface area contributed by atoms with Crippen molar-refractivity contribution in [2.24, 2.45) is 0 Å². The molecule has 0 spiro atoms. The van der Waals surface area contributed by atoms with Gasteiger partial charge in [-0.05, 0) is 26.0 Å². The Hall–Kier alpha value is -1.16. The van der Waals surface area contributed by atoms with Crippen LogP contribution in [0.2, 0.25) is 0 Å². The highest BCUT2D eigenvalue weighted by atomic mass is 32.1. The fourth-order valence-electron chi connectivity index (χ4n) is 1.04. The number of Topliss-reactive ketones (excluding diaryl/α,β-unsaturated/α-hetero) is 1. The monoisotopic (exact) mass is 226 g/mol. The molecule has 0 unspecified atom stereocenters. The maximum absolute atomic E-state index is 11.5. The number of esters is 1. The first-order valence-corrected chi connectivity index (χ1v) is 5.70. The minimum absolute atomic E-state index is 0.0589. The number of ketones is 1. The van der Waals surface area contributed by atoms with Crippen molar-refractivity contribution in [3.8, 4) is 0 Å². The van der Waals surface area contributed by atoms with Crippen LogP contribution in [-0.2, 0) is 4.74 Å². The second-order valence-electron chi connectivity index (χ2n) is 3.39. The van der Waals surface area contributed by atoms with Crippen molar-refractivity contribution in [2.45, 2.75) is 33.3 Å². The summed E-state index contributed by atoms with van der Waals surface area (Å²) in [6.45, 7) is 5.39. The van der Waals surface area contributed by atoms with Crippen molar-refractivity contribution in [3.05, 3.63) is 21.9 Å². The molecular formula is C11H14O3S. The average Bonchev–Trinajstić information content (AvgIpc) is 2.64. The summed E-state index contributed by atoms with van der Waals surface area (Å²) in [6.07, 6.45) is 0.323. The first kappa shape index (κ1) is 11.9. The number of carbonyl (C=O) groups is 2. The lowest BCUT2D eigenvalue weighted by Gasteiger charge is -2.05. The highest BCUT2D eigenvalue weighted by Crippen LogP contribution is 2.19. The molecule has 0 saturated carbocycles. The third-order valence-corrected chi connectivity index (χ3v) is 2.85. The molecule has 1 rings (SSSR count). The Bertz CT molecular complexity index is 366. The van der Waals surface area contributed by atoms with E-state index in [2.05, 4.69) is 0 Å². The minimum Gasteiger partial charge on any atom is -0.459 e. The molecule has 0 N–H and O–H groups in total. The summed E-state index contributed by atoms with van der Waals surface area (Å²) < 4.78 is 5.02. The second kappa shape index (κ2) is 5.07. The molecule has 0 aliphatic rings. The van der Waals surface area contributed by atoms with Crippen LogP contribution in [0.25, 0.3) is 0 Å². The summed E-state index contributed by atoms with van der Waals surface area (Å²) in [7, 11) is 0. The van der Waals surface area contributed by atoms with E-state index in [1.165, 1.54) is 11.3 Å². The van der Waals surface area contributed by atoms with Crippen LogP contribution in [0.3, 0.4) is 0 Å².